The third kappa shape index (κ3) is 5.61. The second-order valence-corrected chi connectivity index (χ2v) is 11.0. The van der Waals surface area contributed by atoms with E-state index in [-0.39, 0.29) is 0 Å². The molecule has 1 fully saturated rings. The highest BCUT2D eigenvalue weighted by Crippen LogP contribution is 2.38. The minimum absolute atomic E-state index is 0.334. The zero-order valence-corrected chi connectivity index (χ0v) is 22.9. The molecule has 0 aliphatic heterocycles. The first-order valence-corrected chi connectivity index (χ1v) is 14.2. The van der Waals surface area contributed by atoms with Crippen molar-refractivity contribution in [1.29, 1.82) is 0 Å². The van der Waals surface area contributed by atoms with Gasteiger partial charge in [-0.15, -0.1) is 0 Å². The van der Waals surface area contributed by atoms with E-state index in [2.05, 4.69) is 101 Å². The van der Waals surface area contributed by atoms with Gasteiger partial charge < -0.3 is 0 Å². The normalized spacial score (nSPS) is 17.6. The monoisotopic (exact) mass is 559 g/mol. The molecule has 0 amide bonds. The number of rotatable bonds is 5. The van der Waals surface area contributed by atoms with Crippen molar-refractivity contribution < 1.29 is 0 Å². The summed E-state index contributed by atoms with van der Waals surface area (Å²) >= 11 is 3.60. The maximum Gasteiger partial charge on any atom is 0.163 e. The van der Waals surface area contributed by atoms with Crippen LogP contribution >= 0.6 is 15.9 Å². The van der Waals surface area contributed by atoms with Crippen LogP contribution in [0.5, 0.6) is 0 Å². The highest BCUT2D eigenvalue weighted by atomic mass is 79.9. The number of hydrogen-bond donors (Lipinski definition) is 0. The third-order valence-electron chi connectivity index (χ3n) is 7.57. The van der Waals surface area contributed by atoms with Crippen molar-refractivity contribution in [2.75, 3.05) is 0 Å². The van der Waals surface area contributed by atoms with Crippen molar-refractivity contribution in [3.8, 4) is 33.9 Å². The summed E-state index contributed by atoms with van der Waals surface area (Å²) in [6, 6.07) is 38.2. The molecule has 1 heterocycles. The van der Waals surface area contributed by atoms with Gasteiger partial charge in [-0.3, -0.25) is 0 Å². The van der Waals surface area contributed by atoms with E-state index in [0.717, 1.165) is 63.5 Å². The predicted molar refractivity (Wildman–Crippen MR) is 159 cm³/mol. The first-order valence-electron chi connectivity index (χ1n) is 13.5. The molecule has 0 radical (unpaired) electrons. The molecule has 188 valence electrons. The summed E-state index contributed by atoms with van der Waals surface area (Å²) in [7, 11) is 0. The Balaban J connectivity index is 1.37. The summed E-state index contributed by atoms with van der Waals surface area (Å²) in [6.07, 6.45) is 5.77. The van der Waals surface area contributed by atoms with Crippen molar-refractivity contribution in [2.45, 2.75) is 43.9 Å². The van der Waals surface area contributed by atoms with Gasteiger partial charge in [-0.1, -0.05) is 113 Å². The lowest BCUT2D eigenvalue weighted by Crippen LogP contribution is -2.08. The van der Waals surface area contributed by atoms with Gasteiger partial charge in [0.1, 0.15) is 5.82 Å². The molecule has 38 heavy (non-hydrogen) atoms. The average Bonchev–Trinajstić information content (AvgIpc) is 3.25. The lowest BCUT2D eigenvalue weighted by Gasteiger charge is -2.16. The lowest BCUT2D eigenvalue weighted by atomic mass is 9.91. The number of benzene rings is 4. The molecule has 0 bridgehead atoms. The molecule has 3 nitrogen and oxygen atoms in total. The molecule has 1 saturated carbocycles. The van der Waals surface area contributed by atoms with Gasteiger partial charge in [-0.2, -0.15) is 0 Å². The zero-order valence-electron chi connectivity index (χ0n) is 21.3. The van der Waals surface area contributed by atoms with Crippen molar-refractivity contribution in [2.24, 2.45) is 0 Å². The second-order valence-electron chi connectivity index (χ2n) is 10.1. The molecule has 5 aromatic rings. The van der Waals surface area contributed by atoms with E-state index < -0.39 is 0 Å². The van der Waals surface area contributed by atoms with Crippen molar-refractivity contribution in [3.63, 3.8) is 0 Å². The zero-order chi connectivity index (χ0) is 25.7. The van der Waals surface area contributed by atoms with Gasteiger partial charge >= 0.3 is 0 Å². The fraction of sp³-hybridized carbons (Fsp3) is 0.206. The third-order valence-corrected chi connectivity index (χ3v) is 8.06. The SMILES string of the molecule is Brc1cccc(-c2cccc(-c3nc(-c4ccccc4)nc(C4CCCC(c5ccccc5)CC4)n3)c2)c1. The van der Waals surface area contributed by atoms with E-state index >= 15 is 0 Å². The van der Waals surface area contributed by atoms with Crippen molar-refractivity contribution in [1.82, 2.24) is 15.0 Å². The molecular formula is C34H30BrN3. The van der Waals surface area contributed by atoms with E-state index in [1.807, 2.05) is 24.3 Å². The maximum atomic E-state index is 5.11. The molecule has 4 aromatic carbocycles. The molecular weight excluding hydrogens is 530 g/mol. The maximum absolute atomic E-state index is 5.11. The summed E-state index contributed by atoms with van der Waals surface area (Å²) in [5, 5.41) is 0. The molecule has 1 aliphatic rings. The van der Waals surface area contributed by atoms with Crippen LogP contribution in [-0.2, 0) is 0 Å². The Labute approximate surface area is 233 Å². The second kappa shape index (κ2) is 11.4. The van der Waals surface area contributed by atoms with Crippen molar-refractivity contribution >= 4 is 15.9 Å². The fourth-order valence-electron chi connectivity index (χ4n) is 5.54. The highest BCUT2D eigenvalue weighted by Gasteiger charge is 2.24. The molecule has 2 unspecified atom stereocenters. The van der Waals surface area contributed by atoms with Gasteiger partial charge in [-0.05, 0) is 66.5 Å². The Hall–Kier alpha value is -3.63. The van der Waals surface area contributed by atoms with E-state index in [0.29, 0.717) is 11.8 Å². The molecule has 1 aromatic heterocycles. The van der Waals surface area contributed by atoms with Crippen molar-refractivity contribution in [3.05, 3.63) is 125 Å². The van der Waals surface area contributed by atoms with Gasteiger partial charge in [0.15, 0.2) is 11.6 Å². The van der Waals surface area contributed by atoms with Crippen LogP contribution < -0.4 is 0 Å². The summed E-state index contributed by atoms with van der Waals surface area (Å²) < 4.78 is 1.07. The van der Waals surface area contributed by atoms with Crippen LogP contribution in [0.1, 0.15) is 55.3 Å². The molecule has 6 rings (SSSR count). The molecule has 0 saturated heterocycles. The smallest absolute Gasteiger partial charge is 0.163 e. The first-order chi connectivity index (χ1) is 18.7. The molecule has 2 atom stereocenters. The van der Waals surface area contributed by atoms with Gasteiger partial charge in [0.05, 0.1) is 0 Å². The van der Waals surface area contributed by atoms with Crippen LogP contribution in [0.25, 0.3) is 33.9 Å². The van der Waals surface area contributed by atoms with Crippen LogP contribution in [0.2, 0.25) is 0 Å². The van der Waals surface area contributed by atoms with Crippen LogP contribution in [0.4, 0.5) is 0 Å². The van der Waals surface area contributed by atoms with Gasteiger partial charge in [0, 0.05) is 21.5 Å². The Morgan fingerprint density at radius 3 is 1.84 bits per heavy atom. The average molecular weight is 561 g/mol. The summed E-state index contributed by atoms with van der Waals surface area (Å²) in [6.45, 7) is 0. The largest absolute Gasteiger partial charge is 0.213 e. The number of nitrogens with zero attached hydrogens (tertiary/aromatic N) is 3. The number of hydrogen-bond acceptors (Lipinski definition) is 3. The minimum Gasteiger partial charge on any atom is -0.213 e. The Bertz CT molecular complexity index is 1520. The topological polar surface area (TPSA) is 38.7 Å². The first kappa shape index (κ1) is 24.7. The van der Waals surface area contributed by atoms with Crippen LogP contribution in [0.3, 0.4) is 0 Å². The number of halogens is 1. The lowest BCUT2D eigenvalue weighted by molar-refractivity contribution is 0.550. The van der Waals surface area contributed by atoms with Crippen LogP contribution in [0, 0.1) is 0 Å². The van der Waals surface area contributed by atoms with Crippen LogP contribution in [-0.4, -0.2) is 15.0 Å². The number of aromatic nitrogens is 3. The Morgan fingerprint density at radius 2 is 1.08 bits per heavy atom. The van der Waals surface area contributed by atoms with Crippen LogP contribution in [0.15, 0.2) is 114 Å². The van der Waals surface area contributed by atoms with E-state index in [1.165, 1.54) is 18.4 Å². The van der Waals surface area contributed by atoms with Gasteiger partial charge in [-0.25, -0.2) is 15.0 Å². The van der Waals surface area contributed by atoms with E-state index in [4.69, 9.17) is 15.0 Å². The fourth-order valence-corrected chi connectivity index (χ4v) is 5.94. The van der Waals surface area contributed by atoms with Gasteiger partial charge in [0.25, 0.3) is 0 Å². The van der Waals surface area contributed by atoms with E-state index in [1.54, 1.807) is 0 Å². The van der Waals surface area contributed by atoms with E-state index in [9.17, 15) is 0 Å². The molecule has 1 aliphatic carbocycles. The molecule has 4 heteroatoms. The molecule has 0 spiro atoms. The Morgan fingerprint density at radius 1 is 0.500 bits per heavy atom. The standard InChI is InChI=1S/C34H30BrN3/c35-31-19-9-17-29(23-31)28-16-8-18-30(22-28)34-37-32(26-12-5-2-6-13-26)36-33(38-34)27-15-7-14-25(20-21-27)24-10-3-1-4-11-24/h1-6,8-13,16-19,22-23,25,27H,7,14-15,20-21H2. The summed E-state index contributed by atoms with van der Waals surface area (Å²) in [4.78, 5) is 15.1. The summed E-state index contributed by atoms with van der Waals surface area (Å²) in [5.74, 6) is 3.37. The quantitative estimate of drug-likeness (QED) is 0.201. The molecule has 0 N–H and O–H groups in total. The van der Waals surface area contributed by atoms with Gasteiger partial charge in [0.2, 0.25) is 0 Å². The highest BCUT2D eigenvalue weighted by molar-refractivity contribution is 9.10. The minimum atomic E-state index is 0.334. The summed E-state index contributed by atoms with van der Waals surface area (Å²) in [5.41, 5.74) is 5.80. The predicted octanol–water partition coefficient (Wildman–Crippen LogP) is 9.47. The Kier molecular flexibility index (Phi) is 7.41.